The van der Waals surface area contributed by atoms with Gasteiger partial charge >= 0.3 is 11.4 Å². The van der Waals surface area contributed by atoms with Crippen molar-refractivity contribution in [1.82, 2.24) is 14.5 Å². The van der Waals surface area contributed by atoms with Gasteiger partial charge in [-0.15, -0.1) is 0 Å². The molecular weight excluding hydrogens is 287 g/mol. The molecule has 2 heterocycles. The number of alkyl halides is 1. The van der Waals surface area contributed by atoms with Crippen LogP contribution in [0, 0.1) is 11.8 Å². The zero-order valence-electron chi connectivity index (χ0n) is 12.5. The number of aliphatic hydroxyl groups is 2. The molecule has 0 saturated carbocycles. The van der Waals surface area contributed by atoms with Gasteiger partial charge in [-0.1, -0.05) is 11.8 Å². The highest BCUT2D eigenvalue weighted by atomic mass is 19.1. The third-order valence-corrected chi connectivity index (χ3v) is 2.96. The molecular formula is C11H13FN4O5. The fraction of sp³-hybridized carbons (Fsp3) is 0.545. The minimum atomic E-state index is -3.02. The maximum absolute atomic E-state index is 12.3. The van der Waals surface area contributed by atoms with Gasteiger partial charge in [-0.2, -0.15) is 4.98 Å². The van der Waals surface area contributed by atoms with Crippen LogP contribution in [-0.2, 0) is 4.74 Å². The van der Waals surface area contributed by atoms with Crippen molar-refractivity contribution in [3.05, 3.63) is 27.3 Å². The van der Waals surface area contributed by atoms with Gasteiger partial charge in [-0.25, -0.2) is 14.0 Å². The minimum Gasteiger partial charge on any atom is -0.394 e. The topological polar surface area (TPSA) is 143 Å². The summed E-state index contributed by atoms with van der Waals surface area (Å²) in [5.41, 5.74) is 1.79. The SMILES string of the molecule is [2H]C([2H])(O)[C@H]1O[C@@H](n2cnc(=O)[nH]c2=O)[C@@](N)(C#CCF)C1O. The van der Waals surface area contributed by atoms with E-state index in [0.29, 0.717) is 4.57 Å². The first-order chi connectivity index (χ1) is 10.6. The molecule has 1 aliphatic rings. The van der Waals surface area contributed by atoms with Crippen molar-refractivity contribution in [2.24, 2.45) is 5.73 Å². The Morgan fingerprint density at radius 3 is 3.00 bits per heavy atom. The molecule has 0 amide bonds. The first kappa shape index (κ1) is 12.7. The third kappa shape index (κ3) is 2.59. The fourth-order valence-corrected chi connectivity index (χ4v) is 1.96. The number of nitrogens with one attached hydrogen (secondary N) is 1. The fourth-order valence-electron chi connectivity index (χ4n) is 1.96. The van der Waals surface area contributed by atoms with Crippen molar-refractivity contribution in [2.45, 2.75) is 24.0 Å². The van der Waals surface area contributed by atoms with Crippen molar-refractivity contribution in [3.8, 4) is 11.8 Å². The molecule has 0 spiro atoms. The van der Waals surface area contributed by atoms with Gasteiger partial charge in [-0.05, 0) is 0 Å². The molecule has 1 aromatic heterocycles. The number of aromatic nitrogens is 3. The van der Waals surface area contributed by atoms with E-state index in [4.69, 9.17) is 13.2 Å². The van der Waals surface area contributed by atoms with Crippen LogP contribution >= 0.6 is 0 Å². The highest BCUT2D eigenvalue weighted by molar-refractivity contribution is 5.25. The standard InChI is InChI=1S/C11H13FN4O5/c12-3-1-2-11(13)7(18)6(4-17)21-8(11)16-5-14-9(19)15-10(16)20/h5-8,17-18H,3-4,13H2,(H,15,19,20)/t6-,7?,8-,11-/m1/s1/i4D2. The number of ether oxygens (including phenoxy) is 1. The molecule has 21 heavy (non-hydrogen) atoms. The van der Waals surface area contributed by atoms with Crippen molar-refractivity contribution < 1.29 is 22.1 Å². The van der Waals surface area contributed by atoms with Gasteiger partial charge in [0.15, 0.2) is 11.8 Å². The van der Waals surface area contributed by atoms with Crippen LogP contribution in [-0.4, -0.2) is 55.7 Å². The van der Waals surface area contributed by atoms with E-state index >= 15 is 0 Å². The van der Waals surface area contributed by atoms with Crippen LogP contribution in [0.25, 0.3) is 0 Å². The quantitative estimate of drug-likeness (QED) is 0.422. The molecule has 2 rings (SSSR count). The summed E-state index contributed by atoms with van der Waals surface area (Å²) in [4.78, 5) is 27.9. The van der Waals surface area contributed by atoms with Crippen LogP contribution in [0.5, 0.6) is 0 Å². The number of H-pyrrole nitrogens is 1. The first-order valence-corrected chi connectivity index (χ1v) is 5.69. The van der Waals surface area contributed by atoms with E-state index in [1.165, 1.54) is 0 Å². The van der Waals surface area contributed by atoms with E-state index in [1.54, 1.807) is 0 Å². The largest absolute Gasteiger partial charge is 0.394 e. The Labute approximate surface area is 120 Å². The molecule has 9 nitrogen and oxygen atoms in total. The molecule has 1 saturated heterocycles. The molecule has 1 fully saturated rings. The normalized spacial score (nSPS) is 33.8. The number of nitrogens with two attached hydrogens (primary N) is 1. The summed E-state index contributed by atoms with van der Waals surface area (Å²) in [6.07, 6.45) is -4.64. The molecule has 1 unspecified atom stereocenters. The van der Waals surface area contributed by atoms with Crippen LogP contribution in [0.4, 0.5) is 4.39 Å². The molecule has 5 N–H and O–H groups in total. The Morgan fingerprint density at radius 2 is 2.43 bits per heavy atom. The Kier molecular flexibility index (Phi) is 3.46. The number of hydrogen-bond donors (Lipinski definition) is 4. The summed E-state index contributed by atoms with van der Waals surface area (Å²) in [5, 5.41) is 19.6. The second-order valence-corrected chi connectivity index (χ2v) is 4.24. The number of rotatable bonds is 2. The summed E-state index contributed by atoms with van der Waals surface area (Å²) < 4.78 is 32.6. The number of aliphatic hydroxyl groups excluding tert-OH is 1. The molecule has 0 aliphatic carbocycles. The van der Waals surface area contributed by atoms with E-state index in [-0.39, 0.29) is 0 Å². The van der Waals surface area contributed by atoms with E-state index in [0.717, 1.165) is 6.33 Å². The van der Waals surface area contributed by atoms with Crippen LogP contribution in [0.15, 0.2) is 15.9 Å². The van der Waals surface area contributed by atoms with Gasteiger partial charge in [0.25, 0.3) is 0 Å². The lowest BCUT2D eigenvalue weighted by atomic mass is 9.91. The zero-order valence-corrected chi connectivity index (χ0v) is 10.5. The van der Waals surface area contributed by atoms with Gasteiger partial charge in [-0.3, -0.25) is 9.55 Å². The summed E-state index contributed by atoms with van der Waals surface area (Å²) in [7, 11) is 0. The second-order valence-electron chi connectivity index (χ2n) is 4.24. The predicted octanol–water partition coefficient (Wildman–Crippen LogP) is -3.15. The van der Waals surface area contributed by atoms with Crippen LogP contribution in [0.1, 0.15) is 8.97 Å². The lowest BCUT2D eigenvalue weighted by Gasteiger charge is -2.27. The summed E-state index contributed by atoms with van der Waals surface area (Å²) in [5.74, 6) is 4.14. The average molecular weight is 302 g/mol. The number of hydrogen-bond acceptors (Lipinski definition) is 7. The maximum Gasteiger partial charge on any atom is 0.350 e. The molecule has 0 aromatic carbocycles. The van der Waals surface area contributed by atoms with E-state index in [2.05, 4.69) is 10.9 Å². The lowest BCUT2D eigenvalue weighted by molar-refractivity contribution is -0.0481. The van der Waals surface area contributed by atoms with Crippen LogP contribution in [0.3, 0.4) is 0 Å². The summed E-state index contributed by atoms with van der Waals surface area (Å²) in [6.45, 7) is -4.14. The van der Waals surface area contributed by atoms with E-state index < -0.39 is 48.6 Å². The minimum absolute atomic E-state index is 0.656. The molecule has 1 aliphatic heterocycles. The smallest absolute Gasteiger partial charge is 0.350 e. The molecule has 0 radical (unpaired) electrons. The van der Waals surface area contributed by atoms with E-state index in [1.807, 2.05) is 10.9 Å². The van der Waals surface area contributed by atoms with Gasteiger partial charge in [0.1, 0.15) is 25.2 Å². The lowest BCUT2D eigenvalue weighted by Crippen LogP contribution is -2.55. The maximum atomic E-state index is 12.3. The molecule has 4 atom stereocenters. The third-order valence-electron chi connectivity index (χ3n) is 2.96. The number of nitrogens with zero attached hydrogens (tertiary/aromatic N) is 2. The molecule has 0 bridgehead atoms. The van der Waals surface area contributed by atoms with Crippen LogP contribution < -0.4 is 17.1 Å². The van der Waals surface area contributed by atoms with Crippen molar-refractivity contribution >= 4 is 0 Å². The Morgan fingerprint density at radius 1 is 1.71 bits per heavy atom. The van der Waals surface area contributed by atoms with Crippen molar-refractivity contribution in [3.63, 3.8) is 0 Å². The Hall–Kier alpha value is -2.06. The van der Waals surface area contributed by atoms with E-state index in [9.17, 15) is 24.2 Å². The Bertz CT molecular complexity index is 766. The summed E-state index contributed by atoms with van der Waals surface area (Å²) in [6, 6.07) is 0. The van der Waals surface area contributed by atoms with Crippen LogP contribution in [0.2, 0.25) is 0 Å². The Balaban J connectivity index is 2.59. The number of aromatic amines is 1. The molecule has 114 valence electrons. The first-order valence-electron chi connectivity index (χ1n) is 6.69. The highest BCUT2D eigenvalue weighted by Gasteiger charge is 2.54. The highest BCUT2D eigenvalue weighted by Crippen LogP contribution is 2.35. The van der Waals surface area contributed by atoms with Gasteiger partial charge in [0.2, 0.25) is 0 Å². The van der Waals surface area contributed by atoms with Gasteiger partial charge in [0.05, 0.1) is 9.30 Å². The molecule has 10 heteroatoms. The van der Waals surface area contributed by atoms with Crippen molar-refractivity contribution in [1.29, 1.82) is 0 Å². The average Bonchev–Trinajstić information content (AvgIpc) is 2.70. The monoisotopic (exact) mass is 302 g/mol. The van der Waals surface area contributed by atoms with Gasteiger partial charge < -0.3 is 20.7 Å². The predicted molar refractivity (Wildman–Crippen MR) is 66.8 cm³/mol. The molecule has 1 aromatic rings. The zero-order chi connectivity index (χ0) is 17.4. The summed E-state index contributed by atoms with van der Waals surface area (Å²) >= 11 is 0. The second kappa shape index (κ2) is 5.74. The van der Waals surface area contributed by atoms with Gasteiger partial charge in [0, 0.05) is 0 Å². The van der Waals surface area contributed by atoms with Crippen molar-refractivity contribution in [2.75, 3.05) is 13.2 Å². The number of halogens is 1.